The lowest BCUT2D eigenvalue weighted by molar-refractivity contribution is -0.0402. The first kappa shape index (κ1) is 20.4. The Hall–Kier alpha value is -2.84. The van der Waals surface area contributed by atoms with E-state index in [0.717, 1.165) is 18.4 Å². The first-order valence-electron chi connectivity index (χ1n) is 9.71. The van der Waals surface area contributed by atoms with Crippen LogP contribution in [0.1, 0.15) is 29.2 Å². The van der Waals surface area contributed by atoms with E-state index in [9.17, 15) is 8.42 Å². The summed E-state index contributed by atoms with van der Waals surface area (Å²) >= 11 is 0. The molecule has 7 nitrogen and oxygen atoms in total. The van der Waals surface area contributed by atoms with Crippen LogP contribution in [0, 0.1) is 0 Å². The van der Waals surface area contributed by atoms with Crippen molar-refractivity contribution in [3.8, 4) is 22.8 Å². The summed E-state index contributed by atoms with van der Waals surface area (Å²) < 4.78 is 42.4. The van der Waals surface area contributed by atoms with Gasteiger partial charge in [-0.1, -0.05) is 30.3 Å². The third kappa shape index (κ3) is 4.20. The highest BCUT2D eigenvalue weighted by Gasteiger charge is 2.29. The van der Waals surface area contributed by atoms with Crippen LogP contribution < -0.4 is 9.47 Å². The highest BCUT2D eigenvalue weighted by Crippen LogP contribution is 2.39. The summed E-state index contributed by atoms with van der Waals surface area (Å²) in [5, 5.41) is 6.35. The molecule has 0 radical (unpaired) electrons. The zero-order valence-electron chi connectivity index (χ0n) is 16.9. The van der Waals surface area contributed by atoms with Crippen molar-refractivity contribution in [3.05, 3.63) is 65.9 Å². The van der Waals surface area contributed by atoms with Gasteiger partial charge in [-0.15, -0.1) is 0 Å². The number of benzene rings is 2. The van der Waals surface area contributed by atoms with Crippen molar-refractivity contribution in [3.63, 3.8) is 0 Å². The number of H-pyrrole nitrogens is 1. The number of ether oxygens (including phenoxy) is 3. The van der Waals surface area contributed by atoms with Gasteiger partial charge in [0, 0.05) is 30.0 Å². The van der Waals surface area contributed by atoms with Crippen molar-refractivity contribution < 1.29 is 22.6 Å². The number of hydrogen-bond acceptors (Lipinski definition) is 6. The Balaban J connectivity index is 1.77. The van der Waals surface area contributed by atoms with Crippen molar-refractivity contribution in [2.75, 3.05) is 20.0 Å². The number of nitrogens with one attached hydrogen (secondary N) is 1. The number of rotatable bonds is 7. The second kappa shape index (κ2) is 8.49. The van der Waals surface area contributed by atoms with Crippen LogP contribution >= 0.6 is 0 Å². The van der Waals surface area contributed by atoms with Gasteiger partial charge in [-0.3, -0.25) is 5.10 Å². The normalized spacial score (nSPS) is 17.6. The largest absolute Gasteiger partial charge is 0.493 e. The van der Waals surface area contributed by atoms with Crippen LogP contribution in [0.5, 0.6) is 11.5 Å². The van der Waals surface area contributed by atoms with Crippen molar-refractivity contribution in [1.82, 2.24) is 10.2 Å². The van der Waals surface area contributed by atoms with Gasteiger partial charge >= 0.3 is 0 Å². The number of sulfone groups is 1. The molecule has 0 spiro atoms. The fourth-order valence-electron chi connectivity index (χ4n) is 3.71. The maximum absolute atomic E-state index is 12.7. The first-order valence-corrected chi connectivity index (χ1v) is 11.7. The van der Waals surface area contributed by atoms with Gasteiger partial charge in [-0.2, -0.15) is 5.10 Å². The zero-order valence-corrected chi connectivity index (χ0v) is 17.7. The smallest absolute Gasteiger partial charge is 0.200 e. The summed E-state index contributed by atoms with van der Waals surface area (Å²) in [5.41, 5.74) is 2.54. The Bertz CT molecular complexity index is 1110. The van der Waals surface area contributed by atoms with Crippen LogP contribution in [0.2, 0.25) is 0 Å². The lowest BCUT2D eigenvalue weighted by atomic mass is 10.0. The summed E-state index contributed by atoms with van der Waals surface area (Å²) in [5.74, 6) is 1.11. The molecule has 4 rings (SSSR count). The second-order valence-electron chi connectivity index (χ2n) is 7.24. The molecule has 1 aromatic heterocycles. The Morgan fingerprint density at radius 3 is 2.63 bits per heavy atom. The molecule has 1 aliphatic rings. The molecule has 2 atom stereocenters. The summed E-state index contributed by atoms with van der Waals surface area (Å²) in [7, 11) is -1.87. The van der Waals surface area contributed by atoms with Crippen LogP contribution in [-0.2, 0) is 14.6 Å². The summed E-state index contributed by atoms with van der Waals surface area (Å²) in [6, 6.07) is 14.6. The number of hydrogen-bond donors (Lipinski definition) is 1. The van der Waals surface area contributed by atoms with E-state index < -0.39 is 15.1 Å². The molecule has 2 aromatic carbocycles. The van der Waals surface area contributed by atoms with Gasteiger partial charge in [0.2, 0.25) is 0 Å². The van der Waals surface area contributed by atoms with Crippen LogP contribution in [-0.4, -0.2) is 44.9 Å². The maximum atomic E-state index is 12.7. The quantitative estimate of drug-likeness (QED) is 0.617. The molecule has 0 saturated carbocycles. The molecule has 30 heavy (non-hydrogen) atoms. The second-order valence-corrected chi connectivity index (χ2v) is 9.37. The van der Waals surface area contributed by atoms with Crippen LogP contribution in [0.4, 0.5) is 0 Å². The van der Waals surface area contributed by atoms with E-state index in [-0.39, 0.29) is 6.29 Å². The van der Waals surface area contributed by atoms with Crippen LogP contribution in [0.25, 0.3) is 11.3 Å². The molecule has 0 amide bonds. The van der Waals surface area contributed by atoms with Gasteiger partial charge in [0.15, 0.2) is 27.6 Å². The van der Waals surface area contributed by atoms with Gasteiger partial charge in [0.1, 0.15) is 5.25 Å². The molecule has 1 aliphatic heterocycles. The van der Waals surface area contributed by atoms with E-state index in [0.29, 0.717) is 34.9 Å². The molecule has 3 aromatic rings. The summed E-state index contributed by atoms with van der Waals surface area (Å²) in [6.07, 6.45) is 4.32. The van der Waals surface area contributed by atoms with Crippen LogP contribution in [0.3, 0.4) is 0 Å². The lowest BCUT2D eigenvalue weighted by Gasteiger charge is -2.18. The van der Waals surface area contributed by atoms with Gasteiger partial charge in [-0.05, 0) is 30.2 Å². The van der Waals surface area contributed by atoms with E-state index >= 15 is 0 Å². The van der Waals surface area contributed by atoms with Gasteiger partial charge in [0.05, 0.1) is 19.4 Å². The average Bonchev–Trinajstić information content (AvgIpc) is 3.40. The summed E-state index contributed by atoms with van der Waals surface area (Å²) in [6.45, 7) is 0.670. The molecule has 0 bridgehead atoms. The Morgan fingerprint density at radius 1 is 1.17 bits per heavy atom. The number of aromatic nitrogens is 2. The fraction of sp³-hybridized carbons (Fsp3) is 0.318. The molecular weight excluding hydrogens is 404 g/mol. The number of aromatic amines is 1. The minimum atomic E-state index is -3.45. The van der Waals surface area contributed by atoms with E-state index in [2.05, 4.69) is 10.2 Å². The maximum Gasteiger partial charge on any atom is 0.200 e. The fourth-order valence-corrected chi connectivity index (χ4v) is 5.01. The third-order valence-corrected chi connectivity index (χ3v) is 6.45. The Morgan fingerprint density at radius 2 is 1.97 bits per heavy atom. The van der Waals surface area contributed by atoms with Crippen LogP contribution in [0.15, 0.2) is 54.7 Å². The summed E-state index contributed by atoms with van der Waals surface area (Å²) in [4.78, 5) is 0. The number of methoxy groups -OCH3 is 1. The zero-order chi connectivity index (χ0) is 21.1. The SMILES string of the molecule is COc1ccc(-c2n[nH]cc2C(c2ccccc2)S(C)(=O)=O)cc1OC1CCCO1. The lowest BCUT2D eigenvalue weighted by Crippen LogP contribution is -2.15. The van der Waals surface area contributed by atoms with Crippen molar-refractivity contribution >= 4 is 9.84 Å². The predicted octanol–water partition coefficient (Wildman–Crippen LogP) is 3.73. The molecule has 1 saturated heterocycles. The van der Waals surface area contributed by atoms with E-state index in [4.69, 9.17) is 14.2 Å². The van der Waals surface area contributed by atoms with Gasteiger partial charge < -0.3 is 14.2 Å². The first-order chi connectivity index (χ1) is 14.5. The minimum Gasteiger partial charge on any atom is -0.493 e. The van der Waals surface area contributed by atoms with E-state index in [1.807, 2.05) is 42.5 Å². The molecule has 1 fully saturated rings. The van der Waals surface area contributed by atoms with Crippen molar-refractivity contribution in [2.24, 2.45) is 0 Å². The molecule has 8 heteroatoms. The monoisotopic (exact) mass is 428 g/mol. The predicted molar refractivity (Wildman–Crippen MR) is 113 cm³/mol. The number of nitrogens with zero attached hydrogens (tertiary/aromatic N) is 1. The van der Waals surface area contributed by atoms with E-state index in [1.54, 1.807) is 19.4 Å². The Kier molecular flexibility index (Phi) is 5.78. The molecular formula is C22H24N2O5S. The van der Waals surface area contributed by atoms with Gasteiger partial charge in [0.25, 0.3) is 0 Å². The van der Waals surface area contributed by atoms with E-state index in [1.165, 1.54) is 6.26 Å². The topological polar surface area (TPSA) is 90.5 Å². The Labute approximate surface area is 175 Å². The third-order valence-electron chi connectivity index (χ3n) is 5.07. The average molecular weight is 429 g/mol. The highest BCUT2D eigenvalue weighted by molar-refractivity contribution is 7.91. The molecule has 1 N–H and O–H groups in total. The molecule has 2 heterocycles. The molecule has 2 unspecified atom stereocenters. The van der Waals surface area contributed by atoms with Crippen molar-refractivity contribution in [1.29, 1.82) is 0 Å². The standard InChI is InChI=1S/C22H24N2O5S/c1-27-18-11-10-16(13-19(18)29-20-9-6-12-28-20)21-17(14-23-24-21)22(30(2,25)26)15-7-4-3-5-8-15/h3-5,7-8,10-11,13-14,20,22H,6,9,12H2,1-2H3,(H,23,24). The minimum absolute atomic E-state index is 0.319. The molecule has 158 valence electrons. The van der Waals surface area contributed by atoms with Gasteiger partial charge in [-0.25, -0.2) is 8.42 Å². The van der Waals surface area contributed by atoms with Crippen molar-refractivity contribution in [2.45, 2.75) is 24.4 Å². The highest BCUT2D eigenvalue weighted by atomic mass is 32.2. The molecule has 0 aliphatic carbocycles.